The average Bonchev–Trinajstić information content (AvgIpc) is 2.99. The highest BCUT2D eigenvalue weighted by Crippen LogP contribution is 2.42. The molecule has 0 spiro atoms. The summed E-state index contributed by atoms with van der Waals surface area (Å²) >= 11 is 1.75. The number of aryl methyl sites for hydroxylation is 1. The monoisotopic (exact) mass is 270 g/mol. The fourth-order valence-electron chi connectivity index (χ4n) is 2.93. The molecule has 0 saturated heterocycles. The summed E-state index contributed by atoms with van der Waals surface area (Å²) in [7, 11) is 0. The van der Waals surface area contributed by atoms with Gasteiger partial charge >= 0.3 is 0 Å². The number of carbonyl (C=O) groups excluding carboxylic acids is 1. The molecule has 1 atom stereocenters. The number of nitrogens with one attached hydrogen (secondary N) is 2. The maximum Gasteiger partial charge on any atom is 0.256 e. The third-order valence-corrected chi connectivity index (χ3v) is 5.06. The van der Waals surface area contributed by atoms with Crippen LogP contribution >= 0.6 is 11.3 Å². The molecule has 0 fully saturated rings. The smallest absolute Gasteiger partial charge is 0.256 e. The van der Waals surface area contributed by atoms with Gasteiger partial charge in [0, 0.05) is 4.88 Å². The van der Waals surface area contributed by atoms with Gasteiger partial charge < -0.3 is 10.6 Å². The lowest BCUT2D eigenvalue weighted by Gasteiger charge is -2.26. The highest BCUT2D eigenvalue weighted by atomic mass is 32.1. The minimum absolute atomic E-state index is 0.0713. The van der Waals surface area contributed by atoms with Gasteiger partial charge in [-0.15, -0.1) is 11.3 Å². The molecular weight excluding hydrogens is 256 g/mol. The van der Waals surface area contributed by atoms with E-state index in [4.69, 9.17) is 0 Å². The van der Waals surface area contributed by atoms with Crippen LogP contribution in [-0.2, 0) is 12.8 Å². The molecule has 4 rings (SSSR count). The van der Waals surface area contributed by atoms with E-state index in [1.165, 1.54) is 16.9 Å². The Bertz CT molecular complexity index is 648. The van der Waals surface area contributed by atoms with Crippen molar-refractivity contribution >= 4 is 22.2 Å². The molecule has 2 heterocycles. The van der Waals surface area contributed by atoms with Crippen molar-refractivity contribution in [3.63, 3.8) is 0 Å². The summed E-state index contributed by atoms with van der Waals surface area (Å²) in [6.45, 7) is 0. The Hall–Kier alpha value is -1.81. The summed E-state index contributed by atoms with van der Waals surface area (Å²) in [6.07, 6.45) is 3.24. The second-order valence-corrected chi connectivity index (χ2v) is 6.13. The Labute approximate surface area is 115 Å². The number of amides is 1. The summed E-state index contributed by atoms with van der Waals surface area (Å²) in [4.78, 5) is 13.7. The predicted molar refractivity (Wildman–Crippen MR) is 76.6 cm³/mol. The van der Waals surface area contributed by atoms with Gasteiger partial charge in [-0.3, -0.25) is 4.79 Å². The van der Waals surface area contributed by atoms with E-state index >= 15 is 0 Å². The van der Waals surface area contributed by atoms with Crippen LogP contribution in [0.15, 0.2) is 30.3 Å². The van der Waals surface area contributed by atoms with Crippen LogP contribution in [0, 0.1) is 0 Å². The lowest BCUT2D eigenvalue weighted by atomic mass is 10.1. The predicted octanol–water partition coefficient (Wildman–Crippen LogP) is 3.09. The first-order chi connectivity index (χ1) is 9.33. The van der Waals surface area contributed by atoms with Crippen molar-refractivity contribution in [3.05, 3.63) is 51.9 Å². The summed E-state index contributed by atoms with van der Waals surface area (Å²) in [5, 5.41) is 7.56. The fraction of sp³-hybridized carbons (Fsp3) is 0.267. The van der Waals surface area contributed by atoms with Crippen molar-refractivity contribution in [2.24, 2.45) is 0 Å². The van der Waals surface area contributed by atoms with Gasteiger partial charge in [-0.1, -0.05) is 30.3 Å². The highest BCUT2D eigenvalue weighted by Gasteiger charge is 2.32. The first kappa shape index (κ1) is 11.1. The largest absolute Gasteiger partial charge is 0.353 e. The van der Waals surface area contributed by atoms with Gasteiger partial charge in [-0.2, -0.15) is 0 Å². The molecular formula is C15H14N2OS. The molecule has 1 aromatic carbocycles. The lowest BCUT2D eigenvalue weighted by Crippen LogP contribution is -2.38. The molecule has 1 unspecified atom stereocenters. The minimum atomic E-state index is -0.111. The van der Waals surface area contributed by atoms with Crippen molar-refractivity contribution in [2.75, 3.05) is 5.32 Å². The van der Waals surface area contributed by atoms with Gasteiger partial charge in [-0.05, 0) is 30.4 Å². The van der Waals surface area contributed by atoms with Gasteiger partial charge in [0.15, 0.2) is 0 Å². The molecule has 2 N–H and O–H groups in total. The van der Waals surface area contributed by atoms with E-state index in [1.807, 2.05) is 30.3 Å². The summed E-state index contributed by atoms with van der Waals surface area (Å²) < 4.78 is 0. The maximum atomic E-state index is 12.3. The number of carbonyl (C=O) groups is 1. The number of benzene rings is 1. The Morgan fingerprint density at radius 2 is 1.95 bits per heavy atom. The topological polar surface area (TPSA) is 41.1 Å². The van der Waals surface area contributed by atoms with Gasteiger partial charge in [-0.25, -0.2) is 0 Å². The second-order valence-electron chi connectivity index (χ2n) is 5.02. The first-order valence-electron chi connectivity index (χ1n) is 6.60. The van der Waals surface area contributed by atoms with Crippen LogP contribution < -0.4 is 10.6 Å². The normalized spacial score (nSPS) is 20.4. The average molecular weight is 270 g/mol. The summed E-state index contributed by atoms with van der Waals surface area (Å²) in [5.41, 5.74) is 3.26. The van der Waals surface area contributed by atoms with Crippen LogP contribution in [0.2, 0.25) is 0 Å². The molecule has 1 aliphatic carbocycles. The Kier molecular flexibility index (Phi) is 2.38. The minimum Gasteiger partial charge on any atom is -0.353 e. The second kappa shape index (κ2) is 4.10. The van der Waals surface area contributed by atoms with Crippen molar-refractivity contribution in [2.45, 2.75) is 25.4 Å². The van der Waals surface area contributed by atoms with Crippen LogP contribution in [0.1, 0.15) is 38.9 Å². The number of anilines is 1. The van der Waals surface area contributed by atoms with Gasteiger partial charge in [0.2, 0.25) is 0 Å². The van der Waals surface area contributed by atoms with Crippen LogP contribution in [-0.4, -0.2) is 5.91 Å². The molecule has 4 heteroatoms. The van der Waals surface area contributed by atoms with Crippen LogP contribution in [0.3, 0.4) is 0 Å². The molecule has 3 nitrogen and oxygen atoms in total. The molecule has 0 saturated carbocycles. The van der Waals surface area contributed by atoms with Crippen LogP contribution in [0.4, 0.5) is 5.00 Å². The summed E-state index contributed by atoms with van der Waals surface area (Å²) in [5.74, 6) is 0.0713. The summed E-state index contributed by atoms with van der Waals surface area (Å²) in [6, 6.07) is 10.0. The number of fused-ring (bicyclic) bond motifs is 3. The van der Waals surface area contributed by atoms with Gasteiger partial charge in [0.1, 0.15) is 11.2 Å². The third-order valence-electron chi connectivity index (χ3n) is 3.83. The van der Waals surface area contributed by atoms with Crippen molar-refractivity contribution in [3.8, 4) is 0 Å². The van der Waals surface area contributed by atoms with Crippen LogP contribution in [0.25, 0.3) is 0 Å². The zero-order chi connectivity index (χ0) is 12.8. The third kappa shape index (κ3) is 1.67. The maximum absolute atomic E-state index is 12.3. The zero-order valence-electron chi connectivity index (χ0n) is 10.4. The van der Waals surface area contributed by atoms with Crippen molar-refractivity contribution in [1.82, 2.24) is 5.32 Å². The molecule has 1 aromatic heterocycles. The Morgan fingerprint density at radius 1 is 1.11 bits per heavy atom. The highest BCUT2D eigenvalue weighted by molar-refractivity contribution is 7.16. The number of hydrogen-bond acceptors (Lipinski definition) is 3. The van der Waals surface area contributed by atoms with Gasteiger partial charge in [0.05, 0.1) is 5.56 Å². The first-order valence-corrected chi connectivity index (χ1v) is 7.41. The number of hydrogen-bond donors (Lipinski definition) is 2. The molecule has 2 aliphatic rings. The van der Waals surface area contributed by atoms with E-state index in [2.05, 4.69) is 10.6 Å². The van der Waals surface area contributed by atoms with E-state index in [9.17, 15) is 4.79 Å². The number of rotatable bonds is 1. The van der Waals surface area contributed by atoms with E-state index in [0.717, 1.165) is 29.0 Å². The van der Waals surface area contributed by atoms with Crippen molar-refractivity contribution < 1.29 is 4.79 Å². The van der Waals surface area contributed by atoms with E-state index in [-0.39, 0.29) is 12.1 Å². The fourth-order valence-corrected chi connectivity index (χ4v) is 4.24. The Balaban J connectivity index is 1.74. The number of thiophene rings is 1. The lowest BCUT2D eigenvalue weighted by molar-refractivity contribution is 0.0935. The standard InChI is InChI=1S/C15H14N2OS/c18-14-12-10-7-4-8-11(10)19-15(12)17-13(16-14)9-5-2-1-3-6-9/h1-3,5-6,13,17H,4,7-8H2,(H,16,18). The molecule has 2 aromatic rings. The van der Waals surface area contributed by atoms with E-state index in [1.54, 1.807) is 11.3 Å². The molecule has 19 heavy (non-hydrogen) atoms. The molecule has 1 amide bonds. The van der Waals surface area contributed by atoms with E-state index < -0.39 is 0 Å². The quantitative estimate of drug-likeness (QED) is 0.836. The van der Waals surface area contributed by atoms with Gasteiger partial charge in [0.25, 0.3) is 5.91 Å². The zero-order valence-corrected chi connectivity index (χ0v) is 11.2. The van der Waals surface area contributed by atoms with E-state index in [0.29, 0.717) is 0 Å². The molecule has 0 radical (unpaired) electrons. The molecule has 96 valence electrons. The molecule has 0 bridgehead atoms. The van der Waals surface area contributed by atoms with Crippen molar-refractivity contribution in [1.29, 1.82) is 0 Å². The SMILES string of the molecule is O=C1NC(c2ccccc2)Nc2sc3c(c21)CCC3. The Morgan fingerprint density at radius 3 is 2.79 bits per heavy atom. The molecule has 1 aliphatic heterocycles. The van der Waals surface area contributed by atoms with Crippen LogP contribution in [0.5, 0.6) is 0 Å².